The van der Waals surface area contributed by atoms with E-state index in [1.54, 1.807) is 6.92 Å². The standard InChI is InChI=1S/C10H8ClFN2O2/c1-5-8(10(15)16-2)14-4-6(12)3-7(11)9(14)13-5/h3-4H,1-2H3. The molecule has 2 aromatic rings. The number of aromatic nitrogens is 2. The van der Waals surface area contributed by atoms with E-state index in [0.29, 0.717) is 11.3 Å². The maximum absolute atomic E-state index is 13.2. The molecule has 0 atom stereocenters. The molecule has 0 N–H and O–H groups in total. The number of nitrogens with zero attached hydrogens (tertiary/aromatic N) is 2. The van der Waals surface area contributed by atoms with Gasteiger partial charge in [0, 0.05) is 6.20 Å². The van der Waals surface area contributed by atoms with Gasteiger partial charge < -0.3 is 4.74 Å². The van der Waals surface area contributed by atoms with Crippen molar-refractivity contribution in [1.82, 2.24) is 9.38 Å². The summed E-state index contributed by atoms with van der Waals surface area (Å²) < 4.78 is 19.1. The van der Waals surface area contributed by atoms with Gasteiger partial charge in [-0.25, -0.2) is 14.2 Å². The van der Waals surface area contributed by atoms with Gasteiger partial charge in [0.05, 0.1) is 17.8 Å². The van der Waals surface area contributed by atoms with Crippen LogP contribution in [0.4, 0.5) is 4.39 Å². The van der Waals surface area contributed by atoms with Crippen LogP contribution in [0.15, 0.2) is 12.3 Å². The number of imidazole rings is 1. The molecule has 4 nitrogen and oxygen atoms in total. The van der Waals surface area contributed by atoms with Crippen LogP contribution < -0.4 is 0 Å². The molecule has 2 aromatic heterocycles. The molecular formula is C10H8ClFN2O2. The number of ether oxygens (including phenoxy) is 1. The lowest BCUT2D eigenvalue weighted by Crippen LogP contribution is -2.07. The van der Waals surface area contributed by atoms with Gasteiger partial charge >= 0.3 is 5.97 Å². The lowest BCUT2D eigenvalue weighted by atomic mass is 10.3. The predicted molar refractivity (Wildman–Crippen MR) is 56.2 cm³/mol. The SMILES string of the molecule is COC(=O)c1c(C)nc2c(Cl)cc(F)cn12. The molecular weight excluding hydrogens is 235 g/mol. The van der Waals surface area contributed by atoms with Crippen LogP contribution in [0.25, 0.3) is 5.65 Å². The highest BCUT2D eigenvalue weighted by molar-refractivity contribution is 6.33. The lowest BCUT2D eigenvalue weighted by Gasteiger charge is -2.01. The Balaban J connectivity index is 2.83. The van der Waals surface area contributed by atoms with E-state index in [4.69, 9.17) is 11.6 Å². The molecule has 6 heteroatoms. The van der Waals surface area contributed by atoms with Crippen LogP contribution in [0, 0.1) is 12.7 Å². The second-order valence-electron chi connectivity index (χ2n) is 3.24. The van der Waals surface area contributed by atoms with E-state index in [1.807, 2.05) is 0 Å². The predicted octanol–water partition coefficient (Wildman–Crippen LogP) is 2.22. The number of hydrogen-bond donors (Lipinski definition) is 0. The van der Waals surface area contributed by atoms with Crippen molar-refractivity contribution in [2.45, 2.75) is 6.92 Å². The maximum atomic E-state index is 13.2. The summed E-state index contributed by atoms with van der Waals surface area (Å²) in [6.07, 6.45) is 1.15. The van der Waals surface area contributed by atoms with Crippen molar-refractivity contribution >= 4 is 23.2 Å². The summed E-state index contributed by atoms with van der Waals surface area (Å²) >= 11 is 5.82. The number of fused-ring (bicyclic) bond motifs is 1. The second kappa shape index (κ2) is 3.75. The summed E-state index contributed by atoms with van der Waals surface area (Å²) in [4.78, 5) is 15.6. The quantitative estimate of drug-likeness (QED) is 0.721. The van der Waals surface area contributed by atoms with Gasteiger partial charge in [-0.1, -0.05) is 11.6 Å². The van der Waals surface area contributed by atoms with Crippen molar-refractivity contribution in [3.05, 3.63) is 34.5 Å². The molecule has 0 aliphatic carbocycles. The Morgan fingerprint density at radius 3 is 2.94 bits per heavy atom. The number of esters is 1. The van der Waals surface area contributed by atoms with Crippen molar-refractivity contribution < 1.29 is 13.9 Å². The molecule has 0 radical (unpaired) electrons. The fraction of sp³-hybridized carbons (Fsp3) is 0.200. The Morgan fingerprint density at radius 1 is 1.62 bits per heavy atom. The van der Waals surface area contributed by atoms with Crippen molar-refractivity contribution in [2.75, 3.05) is 7.11 Å². The monoisotopic (exact) mass is 242 g/mol. The third-order valence-electron chi connectivity index (χ3n) is 2.19. The first-order valence-electron chi connectivity index (χ1n) is 4.46. The molecule has 0 saturated carbocycles. The number of rotatable bonds is 1. The van der Waals surface area contributed by atoms with Crippen molar-refractivity contribution in [1.29, 1.82) is 0 Å². The van der Waals surface area contributed by atoms with E-state index in [-0.39, 0.29) is 10.7 Å². The average Bonchev–Trinajstić information content (AvgIpc) is 2.54. The molecule has 0 amide bonds. The molecule has 0 unspecified atom stereocenters. The highest BCUT2D eigenvalue weighted by atomic mass is 35.5. The maximum Gasteiger partial charge on any atom is 0.356 e. The molecule has 2 heterocycles. The number of aryl methyl sites for hydroxylation is 1. The first-order valence-corrected chi connectivity index (χ1v) is 4.84. The fourth-order valence-electron chi connectivity index (χ4n) is 1.53. The number of carbonyl (C=O) groups is 1. The van der Waals surface area contributed by atoms with Crippen LogP contribution in [0.1, 0.15) is 16.2 Å². The third kappa shape index (κ3) is 1.53. The smallest absolute Gasteiger partial charge is 0.356 e. The molecule has 0 saturated heterocycles. The zero-order valence-corrected chi connectivity index (χ0v) is 9.38. The number of halogens is 2. The van der Waals surface area contributed by atoms with Gasteiger partial charge in [-0.05, 0) is 13.0 Å². The van der Waals surface area contributed by atoms with E-state index >= 15 is 0 Å². The van der Waals surface area contributed by atoms with Gasteiger partial charge in [0.2, 0.25) is 0 Å². The lowest BCUT2D eigenvalue weighted by molar-refractivity contribution is 0.0592. The van der Waals surface area contributed by atoms with Gasteiger partial charge in [-0.15, -0.1) is 0 Å². The van der Waals surface area contributed by atoms with Gasteiger partial charge in [-0.3, -0.25) is 4.40 Å². The van der Waals surface area contributed by atoms with Crippen LogP contribution in [-0.2, 0) is 4.74 Å². The van der Waals surface area contributed by atoms with Gasteiger partial charge in [0.25, 0.3) is 0 Å². The van der Waals surface area contributed by atoms with Gasteiger partial charge in [0.15, 0.2) is 11.3 Å². The van der Waals surface area contributed by atoms with E-state index in [9.17, 15) is 9.18 Å². The molecule has 84 valence electrons. The average molecular weight is 243 g/mol. The van der Waals surface area contributed by atoms with E-state index in [1.165, 1.54) is 11.5 Å². The Morgan fingerprint density at radius 2 is 2.31 bits per heavy atom. The number of methoxy groups -OCH3 is 1. The zero-order valence-electron chi connectivity index (χ0n) is 8.62. The second-order valence-corrected chi connectivity index (χ2v) is 3.64. The van der Waals surface area contributed by atoms with Crippen molar-refractivity contribution in [3.63, 3.8) is 0 Å². The van der Waals surface area contributed by atoms with Crippen molar-refractivity contribution in [3.8, 4) is 0 Å². The summed E-state index contributed by atoms with van der Waals surface area (Å²) in [6, 6.07) is 1.14. The molecule has 0 spiro atoms. The van der Waals surface area contributed by atoms with Gasteiger partial charge in [-0.2, -0.15) is 0 Å². The van der Waals surface area contributed by atoms with Gasteiger partial charge in [0.1, 0.15) is 5.82 Å². The number of hydrogen-bond acceptors (Lipinski definition) is 3. The number of pyridine rings is 1. The molecule has 0 aromatic carbocycles. The Labute approximate surface area is 95.6 Å². The molecule has 0 bridgehead atoms. The summed E-state index contributed by atoms with van der Waals surface area (Å²) in [7, 11) is 1.25. The van der Waals surface area contributed by atoms with Crippen LogP contribution in [-0.4, -0.2) is 22.5 Å². The van der Waals surface area contributed by atoms with Crippen molar-refractivity contribution in [2.24, 2.45) is 0 Å². The molecule has 0 aliphatic heterocycles. The van der Waals surface area contributed by atoms with E-state index in [0.717, 1.165) is 12.3 Å². The van der Waals surface area contributed by atoms with Crippen LogP contribution >= 0.6 is 11.6 Å². The minimum absolute atomic E-state index is 0.151. The first kappa shape index (κ1) is 10.9. The largest absolute Gasteiger partial charge is 0.464 e. The Kier molecular flexibility index (Phi) is 2.55. The highest BCUT2D eigenvalue weighted by Crippen LogP contribution is 2.21. The van der Waals surface area contributed by atoms with Crippen LogP contribution in [0.2, 0.25) is 5.02 Å². The first-order chi connectivity index (χ1) is 7.54. The van der Waals surface area contributed by atoms with E-state index in [2.05, 4.69) is 9.72 Å². The highest BCUT2D eigenvalue weighted by Gasteiger charge is 2.19. The summed E-state index contributed by atoms with van der Waals surface area (Å²) in [5, 5.41) is 0.151. The summed E-state index contributed by atoms with van der Waals surface area (Å²) in [5.74, 6) is -1.12. The Bertz CT molecular complexity index is 580. The number of carbonyl (C=O) groups excluding carboxylic acids is 1. The summed E-state index contributed by atoms with van der Waals surface area (Å²) in [5.41, 5.74) is 0.958. The third-order valence-corrected chi connectivity index (χ3v) is 2.47. The molecule has 0 fully saturated rings. The van der Waals surface area contributed by atoms with E-state index < -0.39 is 11.8 Å². The Hall–Kier alpha value is -1.62. The fourth-order valence-corrected chi connectivity index (χ4v) is 1.77. The minimum Gasteiger partial charge on any atom is -0.464 e. The topological polar surface area (TPSA) is 43.6 Å². The van der Waals surface area contributed by atoms with Crippen LogP contribution in [0.5, 0.6) is 0 Å². The normalized spacial score (nSPS) is 10.8. The zero-order chi connectivity index (χ0) is 11.9. The molecule has 16 heavy (non-hydrogen) atoms. The molecule has 0 aliphatic rings. The summed E-state index contributed by atoms with van der Waals surface area (Å²) in [6.45, 7) is 1.63. The van der Waals surface area contributed by atoms with Crippen LogP contribution in [0.3, 0.4) is 0 Å². The molecule has 2 rings (SSSR count). The minimum atomic E-state index is -0.577.